The van der Waals surface area contributed by atoms with E-state index in [4.69, 9.17) is 16.3 Å². The van der Waals surface area contributed by atoms with Crippen LogP contribution in [0.15, 0.2) is 29.3 Å². The zero-order chi connectivity index (χ0) is 19.5. The summed E-state index contributed by atoms with van der Waals surface area (Å²) in [5, 5.41) is 15.5. The van der Waals surface area contributed by atoms with E-state index in [9.17, 15) is 0 Å². The molecule has 1 aromatic heterocycles. The smallest absolute Gasteiger partial charge is 0.191 e. The first-order valence-electron chi connectivity index (χ1n) is 8.85. The maximum Gasteiger partial charge on any atom is 0.191 e. The van der Waals surface area contributed by atoms with Gasteiger partial charge in [-0.2, -0.15) is 11.8 Å². The number of nitrogens with one attached hydrogen (secondary N) is 2. The molecular formula is C18H28ClIN6OS. The Hall–Kier alpha value is -1.20. The Morgan fingerprint density at radius 2 is 2.00 bits per heavy atom. The van der Waals surface area contributed by atoms with E-state index in [1.165, 1.54) is 0 Å². The number of para-hydroxylation sites is 1. The number of nitrogens with zero attached hydrogens (tertiary/aromatic N) is 4. The minimum absolute atomic E-state index is 0. The van der Waals surface area contributed by atoms with E-state index in [0.29, 0.717) is 30.5 Å². The Morgan fingerprint density at radius 3 is 2.68 bits per heavy atom. The number of rotatable bonds is 10. The van der Waals surface area contributed by atoms with Crippen LogP contribution in [0, 0.1) is 6.92 Å². The molecule has 0 unspecified atom stereocenters. The van der Waals surface area contributed by atoms with E-state index in [1.807, 2.05) is 54.6 Å². The Labute approximate surface area is 193 Å². The molecule has 1 aromatic carbocycles. The Balaban J connectivity index is 0.00000392. The molecule has 0 saturated heterocycles. The number of hydrogen-bond donors (Lipinski definition) is 2. The van der Waals surface area contributed by atoms with E-state index in [2.05, 4.69) is 32.1 Å². The molecule has 10 heteroatoms. The van der Waals surface area contributed by atoms with Gasteiger partial charge in [0.25, 0.3) is 0 Å². The van der Waals surface area contributed by atoms with Crippen molar-refractivity contribution < 1.29 is 4.74 Å². The number of aryl methyl sites for hydroxylation is 1. The normalized spacial score (nSPS) is 11.1. The van der Waals surface area contributed by atoms with Crippen LogP contribution < -0.4 is 15.4 Å². The monoisotopic (exact) mass is 538 g/mol. The van der Waals surface area contributed by atoms with Crippen molar-refractivity contribution in [3.05, 3.63) is 40.9 Å². The highest BCUT2D eigenvalue weighted by atomic mass is 127. The second kappa shape index (κ2) is 13.9. The van der Waals surface area contributed by atoms with Gasteiger partial charge in [0.1, 0.15) is 24.7 Å². The molecular weight excluding hydrogens is 511 g/mol. The van der Waals surface area contributed by atoms with Gasteiger partial charge >= 0.3 is 0 Å². The summed E-state index contributed by atoms with van der Waals surface area (Å²) in [6, 6.07) is 7.45. The van der Waals surface area contributed by atoms with Crippen molar-refractivity contribution in [2.24, 2.45) is 12.0 Å². The molecule has 156 valence electrons. The molecule has 0 bridgehead atoms. The number of aliphatic imine (C=N–C) groups is 1. The number of thioether (sulfide) groups is 1. The zero-order valence-corrected chi connectivity index (χ0v) is 20.3. The van der Waals surface area contributed by atoms with E-state index in [-0.39, 0.29) is 24.0 Å². The first kappa shape index (κ1) is 24.8. The maximum absolute atomic E-state index is 6.10. The highest BCUT2D eigenvalue weighted by Gasteiger charge is 2.05. The molecule has 28 heavy (non-hydrogen) atoms. The number of halogens is 2. The summed E-state index contributed by atoms with van der Waals surface area (Å²) >= 11 is 7.93. The molecule has 0 aliphatic carbocycles. The molecule has 0 aliphatic rings. The first-order valence-corrected chi connectivity index (χ1v) is 10.6. The summed E-state index contributed by atoms with van der Waals surface area (Å²) in [6.45, 7) is 4.33. The van der Waals surface area contributed by atoms with Gasteiger partial charge in [0.2, 0.25) is 0 Å². The lowest BCUT2D eigenvalue weighted by atomic mass is 10.3. The lowest BCUT2D eigenvalue weighted by Gasteiger charge is -2.13. The standard InChI is InChI=1S/C18H27ClN6OS.HI/c1-14-23-24-17(25(14)2)13-22-18(20-9-6-12-27-3)21-10-11-26-16-8-5-4-7-15(16)19;/h4-5,7-8H,6,9-13H2,1-3H3,(H2,20,21,22);1H. The van der Waals surface area contributed by atoms with Gasteiger partial charge < -0.3 is 19.9 Å². The van der Waals surface area contributed by atoms with Crippen LogP contribution in [0.2, 0.25) is 5.02 Å². The fourth-order valence-electron chi connectivity index (χ4n) is 2.23. The Morgan fingerprint density at radius 1 is 1.25 bits per heavy atom. The predicted molar refractivity (Wildman–Crippen MR) is 128 cm³/mol. The van der Waals surface area contributed by atoms with Crippen molar-refractivity contribution in [3.63, 3.8) is 0 Å². The second-order valence-corrected chi connectivity index (χ2v) is 7.26. The topological polar surface area (TPSA) is 76.4 Å². The minimum Gasteiger partial charge on any atom is -0.490 e. The Bertz CT molecular complexity index is 743. The van der Waals surface area contributed by atoms with Gasteiger partial charge in [-0.3, -0.25) is 0 Å². The van der Waals surface area contributed by atoms with Gasteiger partial charge in [0.15, 0.2) is 11.8 Å². The summed E-state index contributed by atoms with van der Waals surface area (Å²) in [7, 11) is 1.94. The molecule has 0 aliphatic heterocycles. The van der Waals surface area contributed by atoms with Crippen LogP contribution >= 0.6 is 47.3 Å². The second-order valence-electron chi connectivity index (χ2n) is 5.87. The van der Waals surface area contributed by atoms with Crippen molar-refractivity contribution in [1.82, 2.24) is 25.4 Å². The van der Waals surface area contributed by atoms with Crippen molar-refractivity contribution in [1.29, 1.82) is 0 Å². The van der Waals surface area contributed by atoms with Gasteiger partial charge in [-0.25, -0.2) is 4.99 Å². The van der Waals surface area contributed by atoms with Gasteiger partial charge in [-0.1, -0.05) is 23.7 Å². The minimum atomic E-state index is 0. The molecule has 2 N–H and O–H groups in total. The molecule has 2 aromatic rings. The van der Waals surface area contributed by atoms with E-state index in [0.717, 1.165) is 36.3 Å². The van der Waals surface area contributed by atoms with Gasteiger partial charge in [0.05, 0.1) is 11.6 Å². The lowest BCUT2D eigenvalue weighted by Crippen LogP contribution is -2.40. The van der Waals surface area contributed by atoms with Crippen LogP contribution in [0.3, 0.4) is 0 Å². The van der Waals surface area contributed by atoms with Crippen LogP contribution in [-0.4, -0.2) is 52.4 Å². The summed E-state index contributed by atoms with van der Waals surface area (Å²) in [5.74, 6) is 4.22. The highest BCUT2D eigenvalue weighted by Crippen LogP contribution is 2.22. The third-order valence-electron chi connectivity index (χ3n) is 3.87. The molecule has 7 nitrogen and oxygen atoms in total. The number of guanidine groups is 1. The zero-order valence-electron chi connectivity index (χ0n) is 16.4. The average molecular weight is 539 g/mol. The third-order valence-corrected chi connectivity index (χ3v) is 4.88. The summed E-state index contributed by atoms with van der Waals surface area (Å²) in [6.07, 6.45) is 3.18. The van der Waals surface area contributed by atoms with Gasteiger partial charge in [-0.05, 0) is 37.5 Å². The van der Waals surface area contributed by atoms with Crippen LogP contribution in [0.5, 0.6) is 5.75 Å². The third kappa shape index (κ3) is 8.44. The summed E-state index contributed by atoms with van der Waals surface area (Å²) < 4.78 is 7.65. The summed E-state index contributed by atoms with van der Waals surface area (Å²) in [4.78, 5) is 4.61. The number of benzene rings is 1. The van der Waals surface area contributed by atoms with Crippen LogP contribution in [0.1, 0.15) is 18.1 Å². The number of ether oxygens (including phenoxy) is 1. The summed E-state index contributed by atoms with van der Waals surface area (Å²) in [5.41, 5.74) is 0. The van der Waals surface area contributed by atoms with Crippen molar-refractivity contribution in [3.8, 4) is 5.75 Å². The van der Waals surface area contributed by atoms with Crippen molar-refractivity contribution >= 4 is 53.3 Å². The molecule has 0 atom stereocenters. The van der Waals surface area contributed by atoms with Crippen LogP contribution in [0.4, 0.5) is 0 Å². The van der Waals surface area contributed by atoms with Gasteiger partial charge in [-0.15, -0.1) is 34.2 Å². The number of hydrogen-bond acceptors (Lipinski definition) is 5. The van der Waals surface area contributed by atoms with E-state index in [1.54, 1.807) is 0 Å². The Kier molecular flexibility index (Phi) is 12.3. The molecule has 0 amide bonds. The first-order chi connectivity index (χ1) is 13.1. The lowest BCUT2D eigenvalue weighted by molar-refractivity contribution is 0.322. The SMILES string of the molecule is CSCCCNC(=NCc1nnc(C)n1C)NCCOc1ccccc1Cl.I. The van der Waals surface area contributed by atoms with Crippen molar-refractivity contribution in [2.75, 3.05) is 31.7 Å². The molecule has 0 spiro atoms. The molecule has 0 fully saturated rings. The highest BCUT2D eigenvalue weighted by molar-refractivity contribution is 14.0. The molecule has 0 radical (unpaired) electrons. The fourth-order valence-corrected chi connectivity index (χ4v) is 2.85. The van der Waals surface area contributed by atoms with E-state index < -0.39 is 0 Å². The van der Waals surface area contributed by atoms with Crippen molar-refractivity contribution in [2.45, 2.75) is 19.9 Å². The largest absolute Gasteiger partial charge is 0.490 e. The molecule has 0 saturated carbocycles. The maximum atomic E-state index is 6.10. The van der Waals surface area contributed by atoms with E-state index >= 15 is 0 Å². The molecule has 1 heterocycles. The van der Waals surface area contributed by atoms with Crippen LogP contribution in [-0.2, 0) is 13.6 Å². The van der Waals surface area contributed by atoms with Gasteiger partial charge in [0, 0.05) is 13.6 Å². The fraction of sp³-hybridized carbons (Fsp3) is 0.500. The number of aromatic nitrogens is 3. The molecule has 2 rings (SSSR count). The average Bonchev–Trinajstić information content (AvgIpc) is 2.99. The quantitative estimate of drug-likeness (QED) is 0.209. The predicted octanol–water partition coefficient (Wildman–Crippen LogP) is 3.26. The van der Waals surface area contributed by atoms with Crippen LogP contribution in [0.25, 0.3) is 0 Å².